The summed E-state index contributed by atoms with van der Waals surface area (Å²) in [6.07, 6.45) is 0.688. The van der Waals surface area contributed by atoms with Gasteiger partial charge < -0.3 is 9.73 Å². The minimum Gasteiger partial charge on any atom is -0.453 e. The van der Waals surface area contributed by atoms with E-state index in [9.17, 15) is 4.79 Å². The largest absolute Gasteiger partial charge is 0.453 e. The van der Waals surface area contributed by atoms with Crippen LogP contribution in [0.15, 0.2) is 65.1 Å². The SMILES string of the molecule is CC(Nc1ccc(Cl)cc1-c1ccc(C=O)o1)c1ccccc1. The van der Waals surface area contributed by atoms with Gasteiger partial charge in [0.25, 0.3) is 0 Å². The lowest BCUT2D eigenvalue weighted by atomic mass is 10.1. The van der Waals surface area contributed by atoms with Crippen LogP contribution in [-0.2, 0) is 0 Å². The number of benzene rings is 2. The van der Waals surface area contributed by atoms with E-state index in [2.05, 4.69) is 24.4 Å². The average molecular weight is 326 g/mol. The van der Waals surface area contributed by atoms with Crippen LogP contribution >= 0.6 is 11.6 Å². The highest BCUT2D eigenvalue weighted by Gasteiger charge is 2.13. The number of rotatable bonds is 5. The zero-order valence-electron chi connectivity index (χ0n) is 12.6. The molecule has 3 aromatic rings. The smallest absolute Gasteiger partial charge is 0.185 e. The predicted octanol–water partition coefficient (Wildman–Crippen LogP) is 5.59. The van der Waals surface area contributed by atoms with Crippen molar-refractivity contribution in [1.29, 1.82) is 0 Å². The van der Waals surface area contributed by atoms with E-state index in [-0.39, 0.29) is 6.04 Å². The first-order valence-electron chi connectivity index (χ1n) is 7.34. The van der Waals surface area contributed by atoms with Gasteiger partial charge in [0, 0.05) is 22.3 Å². The molecule has 3 nitrogen and oxygen atoms in total. The highest BCUT2D eigenvalue weighted by molar-refractivity contribution is 6.31. The summed E-state index contributed by atoms with van der Waals surface area (Å²) in [4.78, 5) is 10.8. The number of hydrogen-bond acceptors (Lipinski definition) is 3. The molecule has 2 aromatic carbocycles. The molecule has 1 atom stereocenters. The van der Waals surface area contributed by atoms with Gasteiger partial charge in [-0.2, -0.15) is 0 Å². The summed E-state index contributed by atoms with van der Waals surface area (Å²) in [5, 5.41) is 4.09. The van der Waals surface area contributed by atoms with Gasteiger partial charge >= 0.3 is 0 Å². The van der Waals surface area contributed by atoms with Gasteiger partial charge in [0.05, 0.1) is 0 Å². The fraction of sp³-hybridized carbons (Fsp3) is 0.105. The molecule has 0 saturated heterocycles. The molecule has 0 aliphatic rings. The van der Waals surface area contributed by atoms with Gasteiger partial charge in [-0.25, -0.2) is 0 Å². The lowest BCUT2D eigenvalue weighted by Crippen LogP contribution is -2.07. The van der Waals surface area contributed by atoms with Crippen molar-refractivity contribution in [2.24, 2.45) is 0 Å². The zero-order valence-corrected chi connectivity index (χ0v) is 13.4. The fourth-order valence-corrected chi connectivity index (χ4v) is 2.64. The van der Waals surface area contributed by atoms with Crippen molar-refractivity contribution in [3.05, 3.63) is 77.0 Å². The Labute approximate surface area is 139 Å². The third kappa shape index (κ3) is 3.46. The Balaban J connectivity index is 1.94. The van der Waals surface area contributed by atoms with Gasteiger partial charge in [0.15, 0.2) is 12.0 Å². The minimum atomic E-state index is 0.122. The van der Waals surface area contributed by atoms with Crippen LogP contribution in [0, 0.1) is 0 Å². The monoisotopic (exact) mass is 325 g/mol. The maximum absolute atomic E-state index is 10.8. The quantitative estimate of drug-likeness (QED) is 0.622. The van der Waals surface area contributed by atoms with E-state index in [1.165, 1.54) is 5.56 Å². The summed E-state index contributed by atoms with van der Waals surface area (Å²) in [6, 6.07) is 19.3. The van der Waals surface area contributed by atoms with Crippen LogP contribution in [0.4, 0.5) is 5.69 Å². The normalized spacial score (nSPS) is 11.9. The van der Waals surface area contributed by atoms with Crippen LogP contribution in [0.3, 0.4) is 0 Å². The van der Waals surface area contributed by atoms with Crippen molar-refractivity contribution in [3.63, 3.8) is 0 Å². The zero-order chi connectivity index (χ0) is 16.2. The topological polar surface area (TPSA) is 42.2 Å². The van der Waals surface area contributed by atoms with Crippen LogP contribution in [0.1, 0.15) is 29.1 Å². The number of hydrogen-bond donors (Lipinski definition) is 1. The maximum atomic E-state index is 10.8. The summed E-state index contributed by atoms with van der Waals surface area (Å²) in [5.41, 5.74) is 2.91. The molecule has 1 aromatic heterocycles. The van der Waals surface area contributed by atoms with E-state index < -0.39 is 0 Å². The Kier molecular flexibility index (Phi) is 4.49. The van der Waals surface area contributed by atoms with Gasteiger partial charge in [-0.05, 0) is 42.8 Å². The lowest BCUT2D eigenvalue weighted by Gasteiger charge is -2.18. The first-order valence-corrected chi connectivity index (χ1v) is 7.71. The second kappa shape index (κ2) is 6.71. The Bertz CT molecular complexity index is 811. The van der Waals surface area contributed by atoms with Gasteiger partial charge in [-0.1, -0.05) is 41.9 Å². The molecule has 0 amide bonds. The lowest BCUT2D eigenvalue weighted by molar-refractivity contribution is 0.110. The van der Waals surface area contributed by atoms with E-state index >= 15 is 0 Å². The Morgan fingerprint density at radius 2 is 1.87 bits per heavy atom. The summed E-state index contributed by atoms with van der Waals surface area (Å²) in [6.45, 7) is 2.09. The number of carbonyl (C=O) groups is 1. The molecule has 0 spiro atoms. The second-order valence-electron chi connectivity index (χ2n) is 5.29. The molecule has 3 rings (SSSR count). The van der Waals surface area contributed by atoms with Crippen molar-refractivity contribution in [2.75, 3.05) is 5.32 Å². The molecule has 0 aliphatic carbocycles. The van der Waals surface area contributed by atoms with Crippen molar-refractivity contribution < 1.29 is 9.21 Å². The van der Waals surface area contributed by atoms with E-state index in [4.69, 9.17) is 16.0 Å². The first kappa shape index (κ1) is 15.4. The molecule has 0 aliphatic heterocycles. The Hall–Kier alpha value is -2.52. The van der Waals surface area contributed by atoms with Crippen LogP contribution < -0.4 is 5.32 Å². The summed E-state index contributed by atoms with van der Waals surface area (Å²) >= 11 is 6.12. The van der Waals surface area contributed by atoms with Crippen LogP contribution in [0.5, 0.6) is 0 Å². The molecule has 0 fully saturated rings. The highest BCUT2D eigenvalue weighted by atomic mass is 35.5. The number of furan rings is 1. The Morgan fingerprint density at radius 1 is 1.09 bits per heavy atom. The number of aldehydes is 1. The summed E-state index contributed by atoms with van der Waals surface area (Å²) in [7, 11) is 0. The molecular formula is C19H16ClNO2. The molecule has 0 radical (unpaired) electrons. The van der Waals surface area contributed by atoms with E-state index in [1.807, 2.05) is 36.4 Å². The molecule has 1 unspecified atom stereocenters. The van der Waals surface area contributed by atoms with Gasteiger partial charge in [-0.15, -0.1) is 0 Å². The first-order chi connectivity index (χ1) is 11.2. The highest BCUT2D eigenvalue weighted by Crippen LogP contribution is 2.34. The van der Waals surface area contributed by atoms with Crippen LogP contribution in [-0.4, -0.2) is 6.29 Å². The Morgan fingerprint density at radius 3 is 2.57 bits per heavy atom. The molecule has 0 bridgehead atoms. The fourth-order valence-electron chi connectivity index (χ4n) is 2.47. The number of halogens is 1. The number of anilines is 1. The van der Waals surface area contributed by atoms with Gasteiger partial charge in [-0.3, -0.25) is 4.79 Å². The maximum Gasteiger partial charge on any atom is 0.185 e. The molecule has 0 saturated carbocycles. The predicted molar refractivity (Wildman–Crippen MR) is 93.0 cm³/mol. The third-order valence-electron chi connectivity index (χ3n) is 3.66. The standard InChI is InChI=1S/C19H16ClNO2/c1-13(14-5-3-2-4-6-14)21-18-9-7-15(20)11-17(18)19-10-8-16(12-22)23-19/h2-13,21H,1H3. The van der Waals surface area contributed by atoms with E-state index in [1.54, 1.807) is 12.1 Å². The van der Waals surface area contributed by atoms with Gasteiger partial charge in [0.1, 0.15) is 5.76 Å². The molecule has 1 heterocycles. The van der Waals surface area contributed by atoms with Crippen LogP contribution in [0.25, 0.3) is 11.3 Å². The van der Waals surface area contributed by atoms with Crippen molar-refractivity contribution in [3.8, 4) is 11.3 Å². The molecule has 116 valence electrons. The average Bonchev–Trinajstić information content (AvgIpc) is 3.06. The number of nitrogens with one attached hydrogen (secondary N) is 1. The molecule has 4 heteroatoms. The second-order valence-corrected chi connectivity index (χ2v) is 5.72. The van der Waals surface area contributed by atoms with Crippen molar-refractivity contribution >= 4 is 23.6 Å². The van der Waals surface area contributed by atoms with E-state index in [0.29, 0.717) is 22.8 Å². The number of carbonyl (C=O) groups excluding carboxylic acids is 1. The minimum absolute atomic E-state index is 0.122. The third-order valence-corrected chi connectivity index (χ3v) is 3.90. The summed E-state index contributed by atoms with van der Waals surface area (Å²) in [5.74, 6) is 0.902. The summed E-state index contributed by atoms with van der Waals surface area (Å²) < 4.78 is 5.54. The molecule has 23 heavy (non-hydrogen) atoms. The molecular weight excluding hydrogens is 310 g/mol. The van der Waals surface area contributed by atoms with Crippen molar-refractivity contribution in [2.45, 2.75) is 13.0 Å². The van der Waals surface area contributed by atoms with Gasteiger partial charge in [0.2, 0.25) is 0 Å². The molecule has 1 N–H and O–H groups in total. The van der Waals surface area contributed by atoms with E-state index in [0.717, 1.165) is 11.3 Å². The van der Waals surface area contributed by atoms with Crippen LogP contribution in [0.2, 0.25) is 5.02 Å². The van der Waals surface area contributed by atoms with Crippen molar-refractivity contribution in [1.82, 2.24) is 0 Å².